The van der Waals surface area contributed by atoms with E-state index in [4.69, 9.17) is 16.7 Å². The van der Waals surface area contributed by atoms with Gasteiger partial charge in [0.25, 0.3) is 0 Å². The highest BCUT2D eigenvalue weighted by Crippen LogP contribution is 2.28. The molecule has 0 spiro atoms. The molecule has 0 saturated heterocycles. The first kappa shape index (κ1) is 15.0. The third-order valence-electron chi connectivity index (χ3n) is 3.38. The minimum Gasteiger partial charge on any atom is -0.477 e. The fourth-order valence-corrected chi connectivity index (χ4v) is 3.15. The van der Waals surface area contributed by atoms with Gasteiger partial charge in [-0.15, -0.1) is 11.3 Å². The van der Waals surface area contributed by atoms with E-state index in [1.807, 2.05) is 42.8 Å². The molecule has 106 valence electrons. The molecular weight excluding hydrogens is 294 g/mol. The van der Waals surface area contributed by atoms with Crippen LogP contribution in [0.15, 0.2) is 35.7 Å². The molecule has 1 atom stereocenters. The Morgan fingerprint density at radius 2 is 2.10 bits per heavy atom. The Bertz CT molecular complexity index is 611. The third kappa shape index (κ3) is 3.20. The number of nitrogens with zero attached hydrogens (tertiary/aromatic N) is 1. The summed E-state index contributed by atoms with van der Waals surface area (Å²) in [4.78, 5) is 13.6. The van der Waals surface area contributed by atoms with E-state index in [9.17, 15) is 4.79 Å². The summed E-state index contributed by atoms with van der Waals surface area (Å²) >= 11 is 7.47. The summed E-state index contributed by atoms with van der Waals surface area (Å²) in [5, 5.41) is 11.7. The van der Waals surface area contributed by atoms with Crippen molar-refractivity contribution < 1.29 is 9.90 Å². The highest BCUT2D eigenvalue weighted by molar-refractivity contribution is 7.12. The Morgan fingerprint density at radius 1 is 1.40 bits per heavy atom. The minimum absolute atomic E-state index is 0.116. The second-order valence-electron chi connectivity index (χ2n) is 4.69. The van der Waals surface area contributed by atoms with E-state index in [0.29, 0.717) is 11.4 Å². The molecule has 1 heterocycles. The molecule has 0 aliphatic heterocycles. The van der Waals surface area contributed by atoms with Crippen molar-refractivity contribution in [3.8, 4) is 0 Å². The molecule has 20 heavy (non-hydrogen) atoms. The van der Waals surface area contributed by atoms with Crippen LogP contribution >= 0.6 is 22.9 Å². The number of aromatic carboxylic acids is 1. The highest BCUT2D eigenvalue weighted by atomic mass is 35.5. The molecular formula is C15H16ClNO2S. The molecule has 0 fully saturated rings. The van der Waals surface area contributed by atoms with Gasteiger partial charge in [-0.2, -0.15) is 0 Å². The van der Waals surface area contributed by atoms with Gasteiger partial charge in [0.05, 0.1) is 0 Å². The van der Waals surface area contributed by atoms with Crippen LogP contribution in [0.25, 0.3) is 0 Å². The van der Waals surface area contributed by atoms with Crippen LogP contribution < -0.4 is 0 Å². The third-order valence-corrected chi connectivity index (χ3v) is 4.67. The maximum absolute atomic E-state index is 11.1. The van der Waals surface area contributed by atoms with Crippen molar-refractivity contribution in [1.29, 1.82) is 0 Å². The first-order valence-electron chi connectivity index (χ1n) is 6.25. The van der Waals surface area contributed by atoms with E-state index in [0.717, 1.165) is 16.1 Å². The molecule has 2 rings (SSSR count). The largest absolute Gasteiger partial charge is 0.477 e. The zero-order valence-corrected chi connectivity index (χ0v) is 12.9. The van der Waals surface area contributed by atoms with Crippen LogP contribution in [0.3, 0.4) is 0 Å². The molecule has 1 aromatic carbocycles. The van der Waals surface area contributed by atoms with Crippen molar-refractivity contribution >= 4 is 28.9 Å². The molecule has 0 bridgehead atoms. The van der Waals surface area contributed by atoms with E-state index >= 15 is 0 Å². The summed E-state index contributed by atoms with van der Waals surface area (Å²) in [7, 11) is 1.97. The number of thiophene rings is 1. The lowest BCUT2D eigenvalue weighted by Crippen LogP contribution is -2.22. The molecule has 0 radical (unpaired) electrons. The first-order chi connectivity index (χ1) is 9.50. The number of halogens is 1. The first-order valence-corrected chi connectivity index (χ1v) is 7.50. The van der Waals surface area contributed by atoms with E-state index in [1.54, 1.807) is 0 Å². The van der Waals surface area contributed by atoms with Gasteiger partial charge in [-0.3, -0.25) is 4.90 Å². The number of carboxylic acids is 1. The zero-order chi connectivity index (χ0) is 14.7. The van der Waals surface area contributed by atoms with Crippen molar-refractivity contribution in [3.63, 3.8) is 0 Å². The van der Waals surface area contributed by atoms with Gasteiger partial charge < -0.3 is 5.11 Å². The Labute approximate surface area is 127 Å². The van der Waals surface area contributed by atoms with Gasteiger partial charge >= 0.3 is 5.97 Å². The summed E-state index contributed by atoms with van der Waals surface area (Å²) in [6.45, 7) is 2.64. The van der Waals surface area contributed by atoms with Crippen LogP contribution in [0.2, 0.25) is 5.02 Å². The molecule has 5 heteroatoms. The van der Waals surface area contributed by atoms with Crippen LogP contribution in [0, 0.1) is 0 Å². The maximum atomic E-state index is 11.1. The summed E-state index contributed by atoms with van der Waals surface area (Å²) in [6.07, 6.45) is 0. The van der Waals surface area contributed by atoms with Crippen molar-refractivity contribution in [2.24, 2.45) is 0 Å². The maximum Gasteiger partial charge on any atom is 0.346 e. The number of benzene rings is 1. The Hall–Kier alpha value is -1.36. The minimum atomic E-state index is -0.867. The second-order valence-corrected chi connectivity index (χ2v) is 6.02. The zero-order valence-electron chi connectivity index (χ0n) is 11.3. The summed E-state index contributed by atoms with van der Waals surface area (Å²) < 4.78 is 0. The number of hydrogen-bond acceptors (Lipinski definition) is 3. The van der Waals surface area contributed by atoms with Crippen molar-refractivity contribution in [2.45, 2.75) is 19.5 Å². The van der Waals surface area contributed by atoms with Crippen molar-refractivity contribution in [2.75, 3.05) is 7.05 Å². The van der Waals surface area contributed by atoms with Crippen LogP contribution in [-0.4, -0.2) is 23.0 Å². The average Bonchev–Trinajstić information content (AvgIpc) is 2.86. The molecule has 0 amide bonds. The standard InChI is InChI=1S/C15H16ClNO2S/c1-10(12-5-3-4-6-13(12)16)17(2)9-11-7-8-20-14(11)15(18)19/h3-8,10H,9H2,1-2H3,(H,18,19). The van der Waals surface area contributed by atoms with Crippen molar-refractivity contribution in [3.05, 3.63) is 56.7 Å². The monoisotopic (exact) mass is 309 g/mol. The van der Waals surface area contributed by atoms with Gasteiger partial charge in [0.2, 0.25) is 0 Å². The average molecular weight is 310 g/mol. The van der Waals surface area contributed by atoms with Gasteiger partial charge in [0.15, 0.2) is 0 Å². The normalized spacial score (nSPS) is 12.6. The van der Waals surface area contributed by atoms with E-state index in [1.165, 1.54) is 11.3 Å². The lowest BCUT2D eigenvalue weighted by molar-refractivity contribution is 0.0700. The number of carboxylic acid groups (broad SMARTS) is 1. The van der Waals surface area contributed by atoms with Gasteiger partial charge in [-0.25, -0.2) is 4.79 Å². The summed E-state index contributed by atoms with van der Waals surface area (Å²) in [6, 6.07) is 9.71. The Balaban J connectivity index is 2.16. The molecule has 0 aliphatic carbocycles. The molecule has 2 aromatic rings. The van der Waals surface area contributed by atoms with E-state index in [2.05, 4.69) is 11.8 Å². The topological polar surface area (TPSA) is 40.5 Å². The van der Waals surface area contributed by atoms with Crippen LogP contribution in [0.5, 0.6) is 0 Å². The molecule has 1 N–H and O–H groups in total. The fraction of sp³-hybridized carbons (Fsp3) is 0.267. The number of carbonyl (C=O) groups is 1. The van der Waals surface area contributed by atoms with Gasteiger partial charge in [0, 0.05) is 17.6 Å². The quantitative estimate of drug-likeness (QED) is 0.895. The van der Waals surface area contributed by atoms with Crippen molar-refractivity contribution in [1.82, 2.24) is 4.90 Å². The summed E-state index contributed by atoms with van der Waals surface area (Å²) in [5.74, 6) is -0.867. The second kappa shape index (κ2) is 6.39. The Morgan fingerprint density at radius 3 is 2.75 bits per heavy atom. The molecule has 1 unspecified atom stereocenters. The fourth-order valence-electron chi connectivity index (χ4n) is 2.10. The highest BCUT2D eigenvalue weighted by Gasteiger charge is 2.18. The van der Waals surface area contributed by atoms with Gasteiger partial charge in [0.1, 0.15) is 4.88 Å². The van der Waals surface area contributed by atoms with E-state index < -0.39 is 5.97 Å². The smallest absolute Gasteiger partial charge is 0.346 e. The number of hydrogen-bond donors (Lipinski definition) is 1. The lowest BCUT2D eigenvalue weighted by atomic mass is 10.1. The van der Waals surface area contributed by atoms with Crippen LogP contribution in [-0.2, 0) is 6.54 Å². The predicted octanol–water partition coefficient (Wildman–Crippen LogP) is 4.29. The molecule has 1 aromatic heterocycles. The van der Waals surface area contributed by atoms with Gasteiger partial charge in [-0.1, -0.05) is 29.8 Å². The predicted molar refractivity (Wildman–Crippen MR) is 82.6 cm³/mol. The number of rotatable bonds is 5. The Kier molecular flexibility index (Phi) is 4.81. The van der Waals surface area contributed by atoms with E-state index in [-0.39, 0.29) is 6.04 Å². The van der Waals surface area contributed by atoms with Gasteiger partial charge in [-0.05, 0) is 42.6 Å². The summed E-state index contributed by atoms with van der Waals surface area (Å²) in [5.41, 5.74) is 1.88. The van der Waals surface area contributed by atoms with Crippen LogP contribution in [0.4, 0.5) is 0 Å². The molecule has 3 nitrogen and oxygen atoms in total. The molecule has 0 saturated carbocycles. The lowest BCUT2D eigenvalue weighted by Gasteiger charge is -2.25. The van der Waals surface area contributed by atoms with Crippen LogP contribution in [0.1, 0.15) is 33.8 Å². The molecule has 0 aliphatic rings. The SMILES string of the molecule is CC(c1ccccc1Cl)N(C)Cc1ccsc1C(=O)O.